The van der Waals surface area contributed by atoms with Crippen molar-refractivity contribution in [3.8, 4) is 0 Å². The van der Waals surface area contributed by atoms with Crippen molar-refractivity contribution in [1.82, 2.24) is 10.3 Å². The van der Waals surface area contributed by atoms with Gasteiger partial charge >= 0.3 is 0 Å². The Morgan fingerprint density at radius 3 is 2.89 bits per heavy atom. The monoisotopic (exact) mass is 250 g/mol. The summed E-state index contributed by atoms with van der Waals surface area (Å²) in [6.07, 6.45) is 4.47. The van der Waals surface area contributed by atoms with E-state index >= 15 is 0 Å². The second-order valence-electron chi connectivity index (χ2n) is 5.10. The van der Waals surface area contributed by atoms with Crippen molar-refractivity contribution < 1.29 is 5.21 Å². The Hall–Kier alpha value is -1.62. The van der Waals surface area contributed by atoms with Gasteiger partial charge in [0.1, 0.15) is 5.84 Å². The molecule has 5 nitrogen and oxygen atoms in total. The normalized spacial score (nSPS) is 12.7. The van der Waals surface area contributed by atoms with E-state index in [9.17, 15) is 0 Å². The van der Waals surface area contributed by atoms with Crippen molar-refractivity contribution in [2.24, 2.45) is 16.3 Å². The lowest BCUT2D eigenvalue weighted by molar-refractivity contribution is 0.305. The molecule has 0 atom stereocenters. The van der Waals surface area contributed by atoms with E-state index in [0.29, 0.717) is 0 Å². The molecule has 5 heteroatoms. The molecular formula is C13H22N4O. The van der Waals surface area contributed by atoms with E-state index in [0.717, 1.165) is 19.5 Å². The summed E-state index contributed by atoms with van der Waals surface area (Å²) in [6, 6.07) is 2.00. The zero-order valence-corrected chi connectivity index (χ0v) is 11.3. The van der Waals surface area contributed by atoms with Crippen LogP contribution in [0.15, 0.2) is 23.6 Å². The van der Waals surface area contributed by atoms with Gasteiger partial charge in [0.2, 0.25) is 0 Å². The van der Waals surface area contributed by atoms with Gasteiger partial charge in [-0.15, -0.1) is 0 Å². The highest BCUT2D eigenvalue weighted by Crippen LogP contribution is 2.19. The Morgan fingerprint density at radius 2 is 2.28 bits per heavy atom. The van der Waals surface area contributed by atoms with Crippen molar-refractivity contribution in [2.45, 2.75) is 33.7 Å². The first-order valence-corrected chi connectivity index (χ1v) is 6.05. The van der Waals surface area contributed by atoms with Gasteiger partial charge in [-0.05, 0) is 37.1 Å². The van der Waals surface area contributed by atoms with E-state index in [-0.39, 0.29) is 11.3 Å². The fourth-order valence-corrected chi connectivity index (χ4v) is 1.57. The van der Waals surface area contributed by atoms with Gasteiger partial charge in [-0.2, -0.15) is 0 Å². The first-order chi connectivity index (χ1) is 8.47. The fourth-order valence-electron chi connectivity index (χ4n) is 1.57. The number of hydrogen-bond acceptors (Lipinski definition) is 4. The minimum Gasteiger partial charge on any atom is -0.409 e. The highest BCUT2D eigenvalue weighted by atomic mass is 16.4. The number of hydrogen-bond donors (Lipinski definition) is 3. The number of oxime groups is 1. The third kappa shape index (κ3) is 4.00. The maximum Gasteiger partial charge on any atom is 0.144 e. The molecule has 0 bridgehead atoms. The molecular weight excluding hydrogens is 228 g/mol. The van der Waals surface area contributed by atoms with Gasteiger partial charge in [-0.3, -0.25) is 4.98 Å². The summed E-state index contributed by atoms with van der Waals surface area (Å²) in [6.45, 7) is 7.57. The van der Waals surface area contributed by atoms with E-state index in [1.54, 1.807) is 6.20 Å². The fraction of sp³-hybridized carbons (Fsp3) is 0.538. The van der Waals surface area contributed by atoms with Gasteiger partial charge in [0.15, 0.2) is 0 Å². The van der Waals surface area contributed by atoms with Crippen LogP contribution < -0.4 is 11.1 Å². The van der Waals surface area contributed by atoms with Crippen molar-refractivity contribution >= 4 is 5.84 Å². The summed E-state index contributed by atoms with van der Waals surface area (Å²) in [5.41, 5.74) is 7.75. The van der Waals surface area contributed by atoms with Gasteiger partial charge in [0, 0.05) is 24.4 Å². The van der Waals surface area contributed by atoms with E-state index in [4.69, 9.17) is 10.9 Å². The average Bonchev–Trinajstić information content (AvgIpc) is 2.35. The van der Waals surface area contributed by atoms with Crippen LogP contribution in [-0.2, 0) is 6.54 Å². The molecule has 0 aromatic carbocycles. The highest BCUT2D eigenvalue weighted by Gasteiger charge is 2.22. The molecule has 0 amide bonds. The average molecular weight is 250 g/mol. The van der Waals surface area contributed by atoms with E-state index in [1.165, 1.54) is 11.1 Å². The predicted octanol–water partition coefficient (Wildman–Crippen LogP) is 1.64. The van der Waals surface area contributed by atoms with Gasteiger partial charge < -0.3 is 16.3 Å². The van der Waals surface area contributed by atoms with E-state index < -0.39 is 0 Å². The molecule has 1 rings (SSSR count). The highest BCUT2D eigenvalue weighted by molar-refractivity contribution is 5.85. The standard InChI is InChI=1S/C13H22N4O/c1-10-4-6-15-8-11(10)9-16-7-5-13(2,3)12(14)17-18/h4,6,8,16,18H,5,7,9H2,1-3H3,(H2,14,17). The van der Waals surface area contributed by atoms with Crippen LogP contribution in [0.5, 0.6) is 0 Å². The number of nitrogens with one attached hydrogen (secondary N) is 1. The SMILES string of the molecule is Cc1ccncc1CNCCC(C)(C)/C(N)=N/O. The smallest absolute Gasteiger partial charge is 0.144 e. The molecule has 4 N–H and O–H groups in total. The molecule has 0 unspecified atom stereocenters. The number of aryl methyl sites for hydroxylation is 1. The van der Waals surface area contributed by atoms with Crippen molar-refractivity contribution in [1.29, 1.82) is 0 Å². The molecule has 100 valence electrons. The second kappa shape index (κ2) is 6.35. The number of pyridine rings is 1. The van der Waals surface area contributed by atoms with Crippen molar-refractivity contribution in [3.63, 3.8) is 0 Å². The first kappa shape index (κ1) is 14.4. The summed E-state index contributed by atoms with van der Waals surface area (Å²) in [5.74, 6) is 0.266. The number of rotatable bonds is 6. The van der Waals surface area contributed by atoms with Crippen molar-refractivity contribution in [2.75, 3.05) is 6.54 Å². The third-order valence-corrected chi connectivity index (χ3v) is 3.19. The number of nitrogens with zero attached hydrogens (tertiary/aromatic N) is 2. The van der Waals surface area contributed by atoms with Gasteiger partial charge in [0.05, 0.1) is 0 Å². The second-order valence-corrected chi connectivity index (χ2v) is 5.10. The summed E-state index contributed by atoms with van der Waals surface area (Å²) in [5, 5.41) is 15.1. The Labute approximate surface area is 108 Å². The summed E-state index contributed by atoms with van der Waals surface area (Å²) >= 11 is 0. The van der Waals surface area contributed by atoms with Gasteiger partial charge in [-0.1, -0.05) is 19.0 Å². The maximum atomic E-state index is 8.68. The van der Waals surface area contributed by atoms with Crippen LogP contribution in [0.25, 0.3) is 0 Å². The van der Waals surface area contributed by atoms with Gasteiger partial charge in [0.25, 0.3) is 0 Å². The lowest BCUT2D eigenvalue weighted by Crippen LogP contribution is -2.34. The van der Waals surface area contributed by atoms with Crippen LogP contribution in [0.2, 0.25) is 0 Å². The Kier molecular flexibility index (Phi) is 5.09. The molecule has 1 aromatic rings. The third-order valence-electron chi connectivity index (χ3n) is 3.19. The zero-order chi connectivity index (χ0) is 13.6. The molecule has 1 heterocycles. The number of amidine groups is 1. The van der Waals surface area contributed by atoms with Crippen LogP contribution in [0.3, 0.4) is 0 Å². The van der Waals surface area contributed by atoms with E-state index in [2.05, 4.69) is 22.4 Å². The Morgan fingerprint density at radius 1 is 1.56 bits per heavy atom. The van der Waals surface area contributed by atoms with Crippen molar-refractivity contribution in [3.05, 3.63) is 29.6 Å². The number of nitrogens with two attached hydrogens (primary N) is 1. The van der Waals surface area contributed by atoms with Crippen LogP contribution in [-0.4, -0.2) is 22.6 Å². The number of aromatic nitrogens is 1. The summed E-state index contributed by atoms with van der Waals surface area (Å²) < 4.78 is 0. The largest absolute Gasteiger partial charge is 0.409 e. The molecule has 0 saturated heterocycles. The lowest BCUT2D eigenvalue weighted by Gasteiger charge is -2.22. The maximum absolute atomic E-state index is 8.68. The summed E-state index contributed by atoms with van der Waals surface area (Å²) in [4.78, 5) is 4.10. The quantitative estimate of drug-likeness (QED) is 0.236. The molecule has 1 aromatic heterocycles. The molecule has 0 aliphatic rings. The van der Waals surface area contributed by atoms with E-state index in [1.807, 2.05) is 26.1 Å². The molecule has 18 heavy (non-hydrogen) atoms. The summed E-state index contributed by atoms with van der Waals surface area (Å²) in [7, 11) is 0. The minimum absolute atomic E-state index is 0.266. The van der Waals surface area contributed by atoms with Crippen LogP contribution in [0.1, 0.15) is 31.4 Å². The van der Waals surface area contributed by atoms with Crippen LogP contribution in [0, 0.1) is 12.3 Å². The molecule has 0 fully saturated rings. The molecule has 0 saturated carbocycles. The molecule has 0 spiro atoms. The first-order valence-electron chi connectivity index (χ1n) is 6.05. The van der Waals surface area contributed by atoms with Crippen LogP contribution >= 0.6 is 0 Å². The Bertz CT molecular complexity index is 415. The molecule has 0 aliphatic carbocycles. The molecule has 0 aliphatic heterocycles. The lowest BCUT2D eigenvalue weighted by atomic mass is 9.88. The van der Waals surface area contributed by atoms with Gasteiger partial charge in [-0.25, -0.2) is 0 Å². The minimum atomic E-state index is -0.300. The molecule has 0 radical (unpaired) electrons. The van der Waals surface area contributed by atoms with Crippen LogP contribution in [0.4, 0.5) is 0 Å². The zero-order valence-electron chi connectivity index (χ0n) is 11.3. The Balaban J connectivity index is 2.38. The topological polar surface area (TPSA) is 83.5 Å². The predicted molar refractivity (Wildman–Crippen MR) is 72.5 cm³/mol.